The highest BCUT2D eigenvalue weighted by Crippen LogP contribution is 2.19. The van der Waals surface area contributed by atoms with Crippen molar-refractivity contribution in [3.63, 3.8) is 0 Å². The van der Waals surface area contributed by atoms with E-state index < -0.39 is 0 Å². The first-order valence-electron chi connectivity index (χ1n) is 4.19. The summed E-state index contributed by atoms with van der Waals surface area (Å²) in [4.78, 5) is 10.5. The van der Waals surface area contributed by atoms with Crippen LogP contribution >= 0.6 is 31.9 Å². The molecule has 14 heavy (non-hydrogen) atoms. The highest BCUT2D eigenvalue weighted by molar-refractivity contribution is 9.10. The van der Waals surface area contributed by atoms with Gasteiger partial charge in [-0.2, -0.15) is 0 Å². The second kappa shape index (κ2) is 4.94. The number of hydrogen-bond acceptors (Lipinski definition) is 1. The number of halogens is 2. The summed E-state index contributed by atoms with van der Waals surface area (Å²) < 4.78 is 1.08. The lowest BCUT2D eigenvalue weighted by molar-refractivity contribution is -0.117. The van der Waals surface area contributed by atoms with Crippen LogP contribution in [0.25, 0.3) is 0 Å². The van der Waals surface area contributed by atoms with E-state index in [-0.39, 0.29) is 10.7 Å². The van der Waals surface area contributed by atoms with Gasteiger partial charge in [0.05, 0.1) is 4.83 Å². The Bertz CT molecular complexity index is 352. The van der Waals surface area contributed by atoms with E-state index in [2.05, 4.69) is 31.9 Å². The summed E-state index contributed by atoms with van der Waals surface area (Å²) in [5.74, 6) is -0.328. The third-order valence-corrected chi connectivity index (χ3v) is 3.61. The molecule has 0 heterocycles. The molecule has 0 aromatic heterocycles. The molecule has 1 aromatic carbocycles. The zero-order valence-corrected chi connectivity index (χ0v) is 10.9. The van der Waals surface area contributed by atoms with Crippen molar-refractivity contribution in [1.82, 2.24) is 0 Å². The molecular weight excluding hydrogens is 310 g/mol. The van der Waals surface area contributed by atoms with Crippen molar-refractivity contribution in [3.8, 4) is 0 Å². The van der Waals surface area contributed by atoms with Gasteiger partial charge >= 0.3 is 0 Å². The molecule has 0 spiro atoms. The second-order valence-corrected chi connectivity index (χ2v) is 5.12. The number of carbonyl (C=O) groups excluding carboxylic acids is 1. The molecule has 2 nitrogen and oxygen atoms in total. The third kappa shape index (κ3) is 3.10. The standard InChI is InChI=1S/C10H11Br2NO/c1-6-4-7(2-3-8(6)11)5-9(12)10(13)14/h2-4,9H,5H2,1H3,(H2,13,14). The Morgan fingerprint density at radius 3 is 2.71 bits per heavy atom. The normalized spacial score (nSPS) is 12.5. The van der Waals surface area contributed by atoms with Gasteiger partial charge < -0.3 is 5.73 Å². The molecule has 4 heteroatoms. The maximum Gasteiger partial charge on any atom is 0.231 e. The van der Waals surface area contributed by atoms with Crippen molar-refractivity contribution in [2.24, 2.45) is 5.73 Å². The van der Waals surface area contributed by atoms with Gasteiger partial charge in [-0.1, -0.05) is 44.0 Å². The van der Waals surface area contributed by atoms with Crippen molar-refractivity contribution in [2.45, 2.75) is 18.2 Å². The van der Waals surface area contributed by atoms with Gasteiger partial charge in [-0.05, 0) is 30.5 Å². The van der Waals surface area contributed by atoms with Crippen molar-refractivity contribution < 1.29 is 4.79 Å². The van der Waals surface area contributed by atoms with Crippen LogP contribution in [0.3, 0.4) is 0 Å². The Labute approximate surface area is 100 Å². The van der Waals surface area contributed by atoms with Crippen LogP contribution in [0.2, 0.25) is 0 Å². The SMILES string of the molecule is Cc1cc(CC(Br)C(N)=O)ccc1Br. The molecule has 0 fully saturated rings. The van der Waals surface area contributed by atoms with Gasteiger partial charge in [-0.3, -0.25) is 4.79 Å². The van der Waals surface area contributed by atoms with E-state index in [9.17, 15) is 4.79 Å². The minimum atomic E-state index is -0.328. The molecule has 1 aromatic rings. The lowest BCUT2D eigenvalue weighted by Gasteiger charge is -2.07. The zero-order valence-electron chi connectivity index (χ0n) is 7.76. The lowest BCUT2D eigenvalue weighted by Crippen LogP contribution is -2.24. The van der Waals surface area contributed by atoms with E-state index in [0.717, 1.165) is 15.6 Å². The van der Waals surface area contributed by atoms with Gasteiger partial charge in [0.25, 0.3) is 0 Å². The van der Waals surface area contributed by atoms with E-state index in [0.29, 0.717) is 6.42 Å². The minimum absolute atomic E-state index is 0.289. The van der Waals surface area contributed by atoms with Gasteiger partial charge in [0.15, 0.2) is 0 Å². The number of rotatable bonds is 3. The summed E-state index contributed by atoms with van der Waals surface area (Å²) in [6.45, 7) is 2.01. The number of primary amides is 1. The molecule has 1 atom stereocenters. The van der Waals surface area contributed by atoms with Gasteiger partial charge in [0, 0.05) is 4.47 Å². The zero-order chi connectivity index (χ0) is 10.7. The third-order valence-electron chi connectivity index (χ3n) is 1.95. The van der Waals surface area contributed by atoms with E-state index >= 15 is 0 Å². The van der Waals surface area contributed by atoms with E-state index in [1.54, 1.807) is 0 Å². The Balaban J connectivity index is 2.78. The average Bonchev–Trinajstić information content (AvgIpc) is 2.11. The fraction of sp³-hybridized carbons (Fsp3) is 0.300. The summed E-state index contributed by atoms with van der Waals surface area (Å²) in [5, 5.41) is 0. The van der Waals surface area contributed by atoms with Crippen LogP contribution in [0.4, 0.5) is 0 Å². The van der Waals surface area contributed by atoms with Gasteiger partial charge in [-0.15, -0.1) is 0 Å². The van der Waals surface area contributed by atoms with Crippen molar-refractivity contribution in [2.75, 3.05) is 0 Å². The summed E-state index contributed by atoms with van der Waals surface area (Å²) in [6.07, 6.45) is 0.628. The number of benzene rings is 1. The number of aryl methyl sites for hydroxylation is 1. The second-order valence-electron chi connectivity index (χ2n) is 3.16. The highest BCUT2D eigenvalue weighted by Gasteiger charge is 2.11. The highest BCUT2D eigenvalue weighted by atomic mass is 79.9. The van der Waals surface area contributed by atoms with Gasteiger partial charge in [-0.25, -0.2) is 0 Å². The topological polar surface area (TPSA) is 43.1 Å². The molecular formula is C10H11Br2NO. The van der Waals surface area contributed by atoms with E-state index in [4.69, 9.17) is 5.73 Å². The first-order chi connectivity index (χ1) is 6.50. The fourth-order valence-corrected chi connectivity index (χ4v) is 1.76. The number of amides is 1. The van der Waals surface area contributed by atoms with Gasteiger partial charge in [0.2, 0.25) is 5.91 Å². The molecule has 0 radical (unpaired) electrons. The van der Waals surface area contributed by atoms with E-state index in [1.807, 2.05) is 25.1 Å². The largest absolute Gasteiger partial charge is 0.369 e. The maximum atomic E-state index is 10.8. The monoisotopic (exact) mass is 319 g/mol. The molecule has 76 valence electrons. The van der Waals surface area contributed by atoms with Crippen LogP contribution < -0.4 is 5.73 Å². The summed E-state index contributed by atoms with van der Waals surface area (Å²) in [5.41, 5.74) is 7.42. The first-order valence-corrected chi connectivity index (χ1v) is 5.90. The fourth-order valence-electron chi connectivity index (χ4n) is 1.14. The molecule has 0 aliphatic rings. The Hall–Kier alpha value is -0.350. The smallest absolute Gasteiger partial charge is 0.231 e. The van der Waals surface area contributed by atoms with Crippen LogP contribution in [0.5, 0.6) is 0 Å². The van der Waals surface area contributed by atoms with Crippen molar-refractivity contribution >= 4 is 37.8 Å². The number of alkyl halides is 1. The van der Waals surface area contributed by atoms with Gasteiger partial charge in [0.1, 0.15) is 0 Å². The quantitative estimate of drug-likeness (QED) is 0.855. The van der Waals surface area contributed by atoms with E-state index in [1.165, 1.54) is 0 Å². The Morgan fingerprint density at radius 2 is 2.21 bits per heavy atom. The average molecular weight is 321 g/mol. The molecule has 2 N–H and O–H groups in total. The minimum Gasteiger partial charge on any atom is -0.369 e. The van der Waals surface area contributed by atoms with Crippen LogP contribution in [0.1, 0.15) is 11.1 Å². The molecule has 0 aliphatic heterocycles. The number of hydrogen-bond donors (Lipinski definition) is 1. The van der Waals surface area contributed by atoms with Crippen molar-refractivity contribution in [1.29, 1.82) is 0 Å². The molecule has 1 unspecified atom stereocenters. The van der Waals surface area contributed by atoms with Crippen LogP contribution in [-0.4, -0.2) is 10.7 Å². The first kappa shape index (κ1) is 11.7. The van der Waals surface area contributed by atoms with Crippen LogP contribution in [0, 0.1) is 6.92 Å². The summed E-state index contributed by atoms with van der Waals surface area (Å²) in [6, 6.07) is 6.00. The molecule has 0 saturated carbocycles. The predicted octanol–water partition coefficient (Wildman–Crippen LogP) is 2.55. The molecule has 1 rings (SSSR count). The van der Waals surface area contributed by atoms with Crippen LogP contribution in [-0.2, 0) is 11.2 Å². The molecule has 0 saturated heterocycles. The predicted molar refractivity (Wildman–Crippen MR) is 64.5 cm³/mol. The maximum absolute atomic E-state index is 10.8. The van der Waals surface area contributed by atoms with Crippen molar-refractivity contribution in [3.05, 3.63) is 33.8 Å². The summed E-state index contributed by atoms with van der Waals surface area (Å²) >= 11 is 6.66. The molecule has 0 aliphatic carbocycles. The number of nitrogens with two attached hydrogens (primary N) is 1. The number of carbonyl (C=O) groups is 1. The molecule has 0 bridgehead atoms. The summed E-state index contributed by atoms with van der Waals surface area (Å²) in [7, 11) is 0. The lowest BCUT2D eigenvalue weighted by atomic mass is 10.1. The Kier molecular flexibility index (Phi) is 4.13. The molecule has 1 amide bonds. The van der Waals surface area contributed by atoms with Crippen LogP contribution in [0.15, 0.2) is 22.7 Å². The Morgan fingerprint density at radius 1 is 1.57 bits per heavy atom.